The molecule has 0 unspecified atom stereocenters. The maximum Gasteiger partial charge on any atom is 0.271 e. The van der Waals surface area contributed by atoms with Crippen molar-refractivity contribution in [1.82, 2.24) is 0 Å². The molecule has 2 aromatic rings. The number of nitrogens with zero attached hydrogens (tertiary/aromatic N) is 2. The molecule has 0 bridgehead atoms. The number of non-ortho nitro benzene ring substituents is 1. The lowest BCUT2D eigenvalue weighted by molar-refractivity contribution is -0.384. The molecule has 0 saturated carbocycles. The maximum atomic E-state index is 13.1. The third kappa shape index (κ3) is 2.50. The highest BCUT2D eigenvalue weighted by atomic mass is 19.1. The van der Waals surface area contributed by atoms with Gasteiger partial charge in [-0.25, -0.2) is 4.39 Å². The summed E-state index contributed by atoms with van der Waals surface area (Å²) in [6.07, 6.45) is 0. The number of amides is 1. The Morgan fingerprint density at radius 1 is 1.17 bits per heavy atom. The van der Waals surface area contributed by atoms with Crippen LogP contribution in [-0.2, 0) is 4.79 Å². The van der Waals surface area contributed by atoms with E-state index in [4.69, 9.17) is 0 Å². The number of hydrogen-bond acceptors (Lipinski definition) is 4. The molecule has 1 N–H and O–H groups in total. The summed E-state index contributed by atoms with van der Waals surface area (Å²) in [6, 6.07) is 9.77. The van der Waals surface area contributed by atoms with Crippen molar-refractivity contribution < 1.29 is 14.1 Å². The highest BCUT2D eigenvalue weighted by molar-refractivity contribution is 6.12. The van der Waals surface area contributed by atoms with Gasteiger partial charge in [-0.2, -0.15) is 0 Å². The van der Waals surface area contributed by atoms with Crippen LogP contribution in [0.1, 0.15) is 13.8 Å². The zero-order chi connectivity index (χ0) is 16.8. The molecule has 7 heteroatoms. The van der Waals surface area contributed by atoms with Crippen molar-refractivity contribution in [3.8, 4) is 0 Å². The molecule has 3 rings (SSSR count). The first-order valence-electron chi connectivity index (χ1n) is 6.96. The van der Waals surface area contributed by atoms with Crippen molar-refractivity contribution in [1.29, 1.82) is 0 Å². The number of fused-ring (bicyclic) bond motifs is 1. The predicted molar refractivity (Wildman–Crippen MR) is 84.3 cm³/mol. The van der Waals surface area contributed by atoms with E-state index in [1.807, 2.05) is 0 Å². The molecule has 0 aliphatic carbocycles. The van der Waals surface area contributed by atoms with Crippen LogP contribution in [0.3, 0.4) is 0 Å². The second-order valence-corrected chi connectivity index (χ2v) is 5.83. The number of benzene rings is 2. The van der Waals surface area contributed by atoms with Crippen LogP contribution in [0.25, 0.3) is 0 Å². The lowest BCUT2D eigenvalue weighted by atomic mass is 9.97. The van der Waals surface area contributed by atoms with Crippen molar-refractivity contribution in [2.75, 3.05) is 10.2 Å². The van der Waals surface area contributed by atoms with Gasteiger partial charge in [0, 0.05) is 17.8 Å². The van der Waals surface area contributed by atoms with Gasteiger partial charge in [-0.15, -0.1) is 0 Å². The summed E-state index contributed by atoms with van der Waals surface area (Å²) >= 11 is 0. The van der Waals surface area contributed by atoms with Crippen molar-refractivity contribution in [2.45, 2.75) is 19.4 Å². The molecule has 0 atom stereocenters. The second-order valence-electron chi connectivity index (χ2n) is 5.83. The van der Waals surface area contributed by atoms with Crippen LogP contribution < -0.4 is 10.2 Å². The van der Waals surface area contributed by atoms with Gasteiger partial charge in [0.25, 0.3) is 11.6 Å². The number of anilines is 3. The SMILES string of the molecule is CC1(C)Nc2cc([N+](=O)[O-])ccc2N(c2ccc(F)cc2)C1=O. The Balaban J connectivity index is 2.17. The highest BCUT2D eigenvalue weighted by Crippen LogP contribution is 2.41. The molecule has 0 spiro atoms. The van der Waals surface area contributed by atoms with Gasteiger partial charge in [0.15, 0.2) is 0 Å². The Bertz CT molecular complexity index is 803. The van der Waals surface area contributed by atoms with E-state index in [1.165, 1.54) is 47.4 Å². The van der Waals surface area contributed by atoms with Crippen molar-refractivity contribution in [3.63, 3.8) is 0 Å². The summed E-state index contributed by atoms with van der Waals surface area (Å²) in [6.45, 7) is 3.38. The van der Waals surface area contributed by atoms with Gasteiger partial charge in [-0.3, -0.25) is 19.8 Å². The third-order valence-corrected chi connectivity index (χ3v) is 3.70. The topological polar surface area (TPSA) is 75.5 Å². The van der Waals surface area contributed by atoms with Crippen LogP contribution in [0.15, 0.2) is 42.5 Å². The number of carbonyl (C=O) groups is 1. The van der Waals surface area contributed by atoms with Crippen LogP contribution in [-0.4, -0.2) is 16.4 Å². The van der Waals surface area contributed by atoms with Crippen LogP contribution in [0.2, 0.25) is 0 Å². The van der Waals surface area contributed by atoms with Crippen LogP contribution >= 0.6 is 0 Å². The zero-order valence-electron chi connectivity index (χ0n) is 12.5. The number of nitro benzene ring substituents is 1. The number of rotatable bonds is 2. The maximum absolute atomic E-state index is 13.1. The van der Waals surface area contributed by atoms with Gasteiger partial charge in [-0.1, -0.05) is 0 Å². The molecular formula is C16H14FN3O3. The number of hydrogen-bond donors (Lipinski definition) is 1. The van der Waals surface area contributed by atoms with E-state index >= 15 is 0 Å². The Labute approximate surface area is 131 Å². The average molecular weight is 315 g/mol. The van der Waals surface area contributed by atoms with Gasteiger partial charge in [0.05, 0.1) is 16.3 Å². The van der Waals surface area contributed by atoms with Crippen molar-refractivity contribution >= 4 is 28.7 Å². The van der Waals surface area contributed by atoms with Crippen molar-refractivity contribution in [2.24, 2.45) is 0 Å². The van der Waals surface area contributed by atoms with E-state index < -0.39 is 16.3 Å². The number of halogens is 1. The highest BCUT2D eigenvalue weighted by Gasteiger charge is 2.40. The molecule has 1 aliphatic rings. The van der Waals surface area contributed by atoms with E-state index in [0.29, 0.717) is 17.1 Å². The summed E-state index contributed by atoms with van der Waals surface area (Å²) in [5.74, 6) is -0.634. The summed E-state index contributed by atoms with van der Waals surface area (Å²) < 4.78 is 13.1. The first-order valence-corrected chi connectivity index (χ1v) is 6.96. The first kappa shape index (κ1) is 15.0. The minimum Gasteiger partial charge on any atom is -0.370 e. The minimum atomic E-state index is -0.948. The van der Waals surface area contributed by atoms with Crippen molar-refractivity contribution in [3.05, 3.63) is 58.4 Å². The fourth-order valence-electron chi connectivity index (χ4n) is 2.56. The van der Waals surface area contributed by atoms with E-state index in [-0.39, 0.29) is 11.6 Å². The zero-order valence-corrected chi connectivity index (χ0v) is 12.5. The van der Waals surface area contributed by atoms with Crippen LogP contribution in [0, 0.1) is 15.9 Å². The minimum absolute atomic E-state index is 0.0690. The Hall–Kier alpha value is -2.96. The van der Waals surface area contributed by atoms with E-state index in [1.54, 1.807) is 13.8 Å². The van der Waals surface area contributed by atoms with Gasteiger partial charge >= 0.3 is 0 Å². The summed E-state index contributed by atoms with van der Waals surface area (Å²) in [5, 5.41) is 14.0. The summed E-state index contributed by atoms with van der Waals surface area (Å²) in [4.78, 5) is 24.7. The van der Waals surface area contributed by atoms with E-state index in [0.717, 1.165) is 0 Å². The molecule has 1 heterocycles. The molecule has 1 aliphatic heterocycles. The monoisotopic (exact) mass is 315 g/mol. The number of nitro groups is 1. The molecule has 0 aromatic heterocycles. The molecule has 118 valence electrons. The molecular weight excluding hydrogens is 301 g/mol. The molecule has 2 aromatic carbocycles. The lowest BCUT2D eigenvalue weighted by Crippen LogP contribution is -2.52. The van der Waals surface area contributed by atoms with Gasteiger partial charge in [0.2, 0.25) is 0 Å². The molecule has 0 radical (unpaired) electrons. The molecule has 23 heavy (non-hydrogen) atoms. The molecule has 1 amide bonds. The average Bonchev–Trinajstić information content (AvgIpc) is 2.49. The van der Waals surface area contributed by atoms with E-state index in [9.17, 15) is 19.3 Å². The van der Waals surface area contributed by atoms with Crippen LogP contribution in [0.4, 0.5) is 27.1 Å². The number of carbonyl (C=O) groups excluding carboxylic acids is 1. The fraction of sp³-hybridized carbons (Fsp3) is 0.188. The van der Waals surface area contributed by atoms with E-state index in [2.05, 4.69) is 5.32 Å². The molecule has 0 fully saturated rings. The smallest absolute Gasteiger partial charge is 0.271 e. The largest absolute Gasteiger partial charge is 0.370 e. The lowest BCUT2D eigenvalue weighted by Gasteiger charge is -2.39. The van der Waals surface area contributed by atoms with Gasteiger partial charge in [0.1, 0.15) is 11.4 Å². The predicted octanol–water partition coefficient (Wildman–Crippen LogP) is 3.60. The second kappa shape index (κ2) is 5.05. The van der Waals surface area contributed by atoms with Gasteiger partial charge < -0.3 is 5.32 Å². The standard InChI is InChI=1S/C16H14FN3O3/c1-16(2)15(21)19(11-5-3-10(17)4-6-11)14-8-7-12(20(22)23)9-13(14)18-16/h3-9,18H,1-2H3. The summed E-state index contributed by atoms with van der Waals surface area (Å²) in [7, 11) is 0. The van der Waals surface area contributed by atoms with Crippen LogP contribution in [0.5, 0.6) is 0 Å². The van der Waals surface area contributed by atoms with Gasteiger partial charge in [-0.05, 0) is 44.2 Å². The summed E-state index contributed by atoms with van der Waals surface area (Å²) in [5.41, 5.74) is 0.456. The molecule has 0 saturated heterocycles. The fourth-order valence-corrected chi connectivity index (χ4v) is 2.56. The Morgan fingerprint density at radius 2 is 1.83 bits per heavy atom. The Kier molecular flexibility index (Phi) is 3.28. The number of nitrogens with one attached hydrogen (secondary N) is 1. The normalized spacial score (nSPS) is 15.8. The molecule has 6 nitrogen and oxygen atoms in total. The quantitative estimate of drug-likeness (QED) is 0.678. The third-order valence-electron chi connectivity index (χ3n) is 3.70. The first-order chi connectivity index (χ1) is 10.8. The Morgan fingerprint density at radius 3 is 2.43 bits per heavy atom.